The van der Waals surface area contributed by atoms with E-state index in [0.29, 0.717) is 24.5 Å². The number of anilines is 1. The SMILES string of the molecule is CCCOc1ccc(N(CC(=O)NC2CC(C)(C)Oc3ccc(C)cc32)S(C)(=O)=O)cc1. The molecule has 3 rings (SSSR count). The predicted octanol–water partition coefficient (Wildman–Crippen LogP) is 3.97. The Kier molecular flexibility index (Phi) is 7.03. The largest absolute Gasteiger partial charge is 0.494 e. The van der Waals surface area contributed by atoms with Crippen LogP contribution >= 0.6 is 0 Å². The van der Waals surface area contributed by atoms with Crippen molar-refractivity contribution < 1.29 is 22.7 Å². The van der Waals surface area contributed by atoms with Crippen molar-refractivity contribution in [2.45, 2.75) is 52.2 Å². The van der Waals surface area contributed by atoms with Gasteiger partial charge in [-0.2, -0.15) is 0 Å². The molecule has 0 saturated carbocycles. The number of benzene rings is 2. The second-order valence-corrected chi connectivity index (χ2v) is 10.7. The summed E-state index contributed by atoms with van der Waals surface area (Å²) in [6.07, 6.45) is 2.55. The zero-order valence-electron chi connectivity index (χ0n) is 19.3. The summed E-state index contributed by atoms with van der Waals surface area (Å²) in [6.45, 7) is 8.21. The van der Waals surface area contributed by atoms with E-state index in [-0.39, 0.29) is 18.5 Å². The van der Waals surface area contributed by atoms with Crippen LogP contribution in [0.1, 0.15) is 50.8 Å². The molecule has 1 heterocycles. The maximum atomic E-state index is 13.0. The predicted molar refractivity (Wildman–Crippen MR) is 126 cm³/mol. The third-order valence-electron chi connectivity index (χ3n) is 5.24. The summed E-state index contributed by atoms with van der Waals surface area (Å²) in [6, 6.07) is 12.3. The van der Waals surface area contributed by atoms with Crippen LogP contribution in [0.5, 0.6) is 11.5 Å². The molecule has 174 valence electrons. The van der Waals surface area contributed by atoms with Gasteiger partial charge in [-0.1, -0.05) is 24.6 Å². The lowest BCUT2D eigenvalue weighted by Gasteiger charge is -2.38. The minimum absolute atomic E-state index is 0.271. The highest BCUT2D eigenvalue weighted by Gasteiger charge is 2.35. The molecule has 1 unspecified atom stereocenters. The molecule has 0 fully saturated rings. The van der Waals surface area contributed by atoms with E-state index < -0.39 is 15.6 Å². The molecule has 0 aromatic heterocycles. The van der Waals surface area contributed by atoms with Crippen LogP contribution in [-0.4, -0.2) is 39.3 Å². The maximum absolute atomic E-state index is 13.0. The molecule has 32 heavy (non-hydrogen) atoms. The van der Waals surface area contributed by atoms with Crippen LogP contribution in [-0.2, 0) is 14.8 Å². The minimum atomic E-state index is -3.67. The molecule has 8 heteroatoms. The third kappa shape index (κ3) is 5.94. The molecule has 1 aliphatic heterocycles. The number of carbonyl (C=O) groups is 1. The molecule has 0 spiro atoms. The van der Waals surface area contributed by atoms with E-state index in [1.807, 2.05) is 45.9 Å². The molecular weight excluding hydrogens is 428 g/mol. The Hall–Kier alpha value is -2.74. The number of nitrogens with zero attached hydrogens (tertiary/aromatic N) is 1. The molecular formula is C24H32N2O5S. The Balaban J connectivity index is 1.79. The van der Waals surface area contributed by atoms with E-state index in [2.05, 4.69) is 5.32 Å². The van der Waals surface area contributed by atoms with Gasteiger partial charge in [-0.3, -0.25) is 9.10 Å². The first kappa shape index (κ1) is 23.9. The van der Waals surface area contributed by atoms with E-state index >= 15 is 0 Å². The van der Waals surface area contributed by atoms with Gasteiger partial charge in [0.1, 0.15) is 23.6 Å². The summed E-state index contributed by atoms with van der Waals surface area (Å²) in [4.78, 5) is 13.0. The van der Waals surface area contributed by atoms with Crippen molar-refractivity contribution in [2.75, 3.05) is 23.7 Å². The van der Waals surface area contributed by atoms with E-state index in [9.17, 15) is 13.2 Å². The molecule has 0 aliphatic carbocycles. The molecule has 0 radical (unpaired) electrons. The fourth-order valence-electron chi connectivity index (χ4n) is 3.80. The fourth-order valence-corrected chi connectivity index (χ4v) is 4.66. The Labute approximate surface area is 190 Å². The van der Waals surface area contributed by atoms with Crippen molar-refractivity contribution in [3.63, 3.8) is 0 Å². The maximum Gasteiger partial charge on any atom is 0.241 e. The Morgan fingerprint density at radius 2 is 1.91 bits per heavy atom. The first-order chi connectivity index (χ1) is 15.0. The molecule has 2 aromatic carbocycles. The zero-order chi connectivity index (χ0) is 23.5. The molecule has 1 amide bonds. The molecule has 1 N–H and O–H groups in total. The molecule has 7 nitrogen and oxygen atoms in total. The van der Waals surface area contributed by atoms with E-state index in [0.717, 1.165) is 33.9 Å². The van der Waals surface area contributed by atoms with Crippen LogP contribution in [0.2, 0.25) is 0 Å². The Bertz CT molecular complexity index is 1060. The number of hydrogen-bond donors (Lipinski definition) is 1. The van der Waals surface area contributed by atoms with Crippen molar-refractivity contribution in [1.82, 2.24) is 5.32 Å². The fraction of sp³-hybridized carbons (Fsp3) is 0.458. The van der Waals surface area contributed by atoms with Crippen molar-refractivity contribution in [3.05, 3.63) is 53.6 Å². The lowest BCUT2D eigenvalue weighted by Crippen LogP contribution is -2.45. The van der Waals surface area contributed by atoms with E-state index in [1.165, 1.54) is 0 Å². The van der Waals surface area contributed by atoms with Crippen molar-refractivity contribution >= 4 is 21.6 Å². The first-order valence-corrected chi connectivity index (χ1v) is 12.6. The van der Waals surface area contributed by atoms with Crippen LogP contribution in [0.25, 0.3) is 0 Å². The number of amides is 1. The van der Waals surface area contributed by atoms with Crippen LogP contribution in [0, 0.1) is 6.92 Å². The highest BCUT2D eigenvalue weighted by atomic mass is 32.2. The number of nitrogens with one attached hydrogen (secondary N) is 1. The van der Waals surface area contributed by atoms with E-state index in [4.69, 9.17) is 9.47 Å². The zero-order valence-corrected chi connectivity index (χ0v) is 20.2. The number of aryl methyl sites for hydroxylation is 1. The number of carbonyl (C=O) groups excluding carboxylic acids is 1. The Morgan fingerprint density at radius 3 is 2.53 bits per heavy atom. The van der Waals surface area contributed by atoms with Gasteiger partial charge < -0.3 is 14.8 Å². The average molecular weight is 461 g/mol. The van der Waals surface area contributed by atoms with Gasteiger partial charge in [0.15, 0.2) is 0 Å². The Morgan fingerprint density at radius 1 is 1.22 bits per heavy atom. The number of hydrogen-bond acceptors (Lipinski definition) is 5. The quantitative estimate of drug-likeness (QED) is 0.644. The highest BCUT2D eigenvalue weighted by Crippen LogP contribution is 2.39. The summed E-state index contributed by atoms with van der Waals surface area (Å²) in [7, 11) is -3.67. The number of fused-ring (bicyclic) bond motifs is 1. The molecule has 0 saturated heterocycles. The third-order valence-corrected chi connectivity index (χ3v) is 6.38. The van der Waals surface area contributed by atoms with Gasteiger partial charge in [0.25, 0.3) is 0 Å². The van der Waals surface area contributed by atoms with Crippen molar-refractivity contribution in [1.29, 1.82) is 0 Å². The standard InChI is InChI=1S/C24H32N2O5S/c1-6-13-30-19-10-8-18(9-11-19)26(32(5,28)29)16-23(27)25-21-15-24(3,4)31-22-12-7-17(2)14-20(21)22/h7-12,14,21H,6,13,15-16H2,1-5H3,(H,25,27). The summed E-state index contributed by atoms with van der Waals surface area (Å²) in [5.41, 5.74) is 1.93. The van der Waals surface area contributed by atoms with Gasteiger partial charge in [0.05, 0.1) is 24.6 Å². The molecule has 2 aromatic rings. The molecule has 1 aliphatic rings. The van der Waals surface area contributed by atoms with E-state index in [1.54, 1.807) is 24.3 Å². The van der Waals surface area contributed by atoms with Crippen molar-refractivity contribution in [3.8, 4) is 11.5 Å². The summed E-state index contributed by atoms with van der Waals surface area (Å²) >= 11 is 0. The van der Waals surface area contributed by atoms with Gasteiger partial charge >= 0.3 is 0 Å². The number of rotatable bonds is 8. The van der Waals surface area contributed by atoms with Gasteiger partial charge in [-0.15, -0.1) is 0 Å². The second-order valence-electron chi connectivity index (χ2n) is 8.84. The number of sulfonamides is 1. The minimum Gasteiger partial charge on any atom is -0.494 e. The lowest BCUT2D eigenvalue weighted by atomic mass is 9.89. The monoisotopic (exact) mass is 460 g/mol. The lowest BCUT2D eigenvalue weighted by molar-refractivity contribution is -0.120. The topological polar surface area (TPSA) is 84.9 Å². The van der Waals surface area contributed by atoms with Gasteiger partial charge in [0.2, 0.25) is 15.9 Å². The smallest absolute Gasteiger partial charge is 0.241 e. The van der Waals surface area contributed by atoms with Crippen LogP contribution in [0.4, 0.5) is 5.69 Å². The first-order valence-electron chi connectivity index (χ1n) is 10.8. The van der Waals surface area contributed by atoms with Gasteiger partial charge in [0, 0.05) is 12.0 Å². The normalized spacial score (nSPS) is 17.1. The highest BCUT2D eigenvalue weighted by molar-refractivity contribution is 7.92. The van der Waals surface area contributed by atoms with Crippen LogP contribution in [0.3, 0.4) is 0 Å². The van der Waals surface area contributed by atoms with Crippen LogP contribution in [0.15, 0.2) is 42.5 Å². The average Bonchev–Trinajstić information content (AvgIpc) is 2.70. The summed E-state index contributed by atoms with van der Waals surface area (Å²) in [5, 5.41) is 3.02. The van der Waals surface area contributed by atoms with Gasteiger partial charge in [-0.05, 0) is 57.5 Å². The number of ether oxygens (including phenoxy) is 2. The van der Waals surface area contributed by atoms with Crippen LogP contribution < -0.4 is 19.1 Å². The molecule has 1 atom stereocenters. The van der Waals surface area contributed by atoms with Crippen molar-refractivity contribution in [2.24, 2.45) is 0 Å². The summed E-state index contributed by atoms with van der Waals surface area (Å²) in [5.74, 6) is 1.02. The summed E-state index contributed by atoms with van der Waals surface area (Å²) < 4.78 is 37.6. The molecule has 0 bridgehead atoms. The van der Waals surface area contributed by atoms with Gasteiger partial charge in [-0.25, -0.2) is 8.42 Å². The second kappa shape index (κ2) is 9.40.